The Kier molecular flexibility index (Phi) is 7.05. The number of aliphatic imine (C=N–C) groups is 1. The van der Waals surface area contributed by atoms with Crippen LogP contribution in [-0.2, 0) is 0 Å². The molecule has 1 aliphatic heterocycles. The molecule has 5 nitrogen and oxygen atoms in total. The number of nitrogens with two attached hydrogens (primary N) is 1. The van der Waals surface area contributed by atoms with Gasteiger partial charge in [-0.05, 0) is 40.4 Å². The van der Waals surface area contributed by atoms with Gasteiger partial charge in [0.25, 0.3) is 0 Å². The summed E-state index contributed by atoms with van der Waals surface area (Å²) in [5.41, 5.74) is 5.96. The van der Waals surface area contributed by atoms with Gasteiger partial charge < -0.3 is 20.4 Å². The van der Waals surface area contributed by atoms with E-state index >= 15 is 0 Å². The Morgan fingerprint density at radius 2 is 1.89 bits per heavy atom. The molecule has 0 bridgehead atoms. The molecule has 0 aromatic rings. The lowest BCUT2D eigenvalue weighted by Crippen LogP contribution is -2.38. The van der Waals surface area contributed by atoms with Crippen LogP contribution in [0.15, 0.2) is 4.99 Å². The van der Waals surface area contributed by atoms with Crippen LogP contribution < -0.4 is 5.73 Å². The minimum atomic E-state index is 0.687. The molecule has 0 aromatic heterocycles. The highest BCUT2D eigenvalue weighted by molar-refractivity contribution is 5.77. The topological polar surface area (TPSA) is 48.1 Å². The Morgan fingerprint density at radius 3 is 2.56 bits per heavy atom. The van der Waals surface area contributed by atoms with Crippen molar-refractivity contribution in [3.05, 3.63) is 0 Å². The van der Waals surface area contributed by atoms with E-state index in [4.69, 9.17) is 5.73 Å². The van der Waals surface area contributed by atoms with Gasteiger partial charge in [-0.15, -0.1) is 0 Å². The number of rotatable bonds is 5. The Bertz CT molecular complexity index is 250. The van der Waals surface area contributed by atoms with E-state index in [9.17, 15) is 0 Å². The lowest BCUT2D eigenvalue weighted by atomic mass is 10.4. The fourth-order valence-electron chi connectivity index (χ4n) is 2.28. The second kappa shape index (κ2) is 8.32. The molecule has 1 saturated heterocycles. The highest BCUT2D eigenvalue weighted by Gasteiger charge is 2.11. The van der Waals surface area contributed by atoms with Gasteiger partial charge in [-0.2, -0.15) is 0 Å². The summed E-state index contributed by atoms with van der Waals surface area (Å²) >= 11 is 0. The molecule has 0 aromatic carbocycles. The minimum absolute atomic E-state index is 0.687. The number of likely N-dealkylation sites (N-methyl/N-ethyl adjacent to an activating group) is 1. The first-order valence-electron chi connectivity index (χ1n) is 7.13. The summed E-state index contributed by atoms with van der Waals surface area (Å²) in [6.07, 6.45) is 1.26. The van der Waals surface area contributed by atoms with Gasteiger partial charge in [0.15, 0.2) is 5.96 Å². The van der Waals surface area contributed by atoms with Gasteiger partial charge in [-0.3, -0.25) is 4.99 Å². The summed E-state index contributed by atoms with van der Waals surface area (Å²) in [6.45, 7) is 12.6. The number of hydrogen-bond acceptors (Lipinski definition) is 3. The summed E-state index contributed by atoms with van der Waals surface area (Å²) in [7, 11) is 2.19. The molecule has 106 valence electrons. The molecule has 0 spiro atoms. The van der Waals surface area contributed by atoms with E-state index in [1.54, 1.807) is 0 Å². The van der Waals surface area contributed by atoms with Crippen LogP contribution in [0.4, 0.5) is 0 Å². The van der Waals surface area contributed by atoms with Crippen LogP contribution in [0.1, 0.15) is 20.3 Å². The standard InChI is InChI=1S/C13H29N5/c1-4-18(5-2)13(14)15-7-10-17-9-6-8-16(3)11-12-17/h4-12H2,1-3H3,(H2,14,15). The van der Waals surface area contributed by atoms with E-state index in [0.717, 1.165) is 39.3 Å². The van der Waals surface area contributed by atoms with Crippen molar-refractivity contribution in [3.8, 4) is 0 Å². The van der Waals surface area contributed by atoms with Gasteiger partial charge in [0, 0.05) is 32.7 Å². The van der Waals surface area contributed by atoms with E-state index in [1.165, 1.54) is 19.5 Å². The van der Waals surface area contributed by atoms with Crippen LogP contribution in [0.5, 0.6) is 0 Å². The number of hydrogen-bond donors (Lipinski definition) is 1. The molecule has 18 heavy (non-hydrogen) atoms. The van der Waals surface area contributed by atoms with Crippen molar-refractivity contribution in [2.75, 3.05) is 59.4 Å². The molecule has 1 heterocycles. The zero-order chi connectivity index (χ0) is 13.4. The zero-order valence-corrected chi connectivity index (χ0v) is 12.2. The quantitative estimate of drug-likeness (QED) is 0.566. The molecule has 1 rings (SSSR count). The van der Waals surface area contributed by atoms with Gasteiger partial charge in [-0.1, -0.05) is 0 Å². The van der Waals surface area contributed by atoms with Crippen molar-refractivity contribution in [2.24, 2.45) is 10.7 Å². The maximum atomic E-state index is 5.96. The molecule has 0 radical (unpaired) electrons. The Labute approximate surface area is 112 Å². The Hall–Kier alpha value is -0.810. The van der Waals surface area contributed by atoms with E-state index in [1.807, 2.05) is 0 Å². The second-order valence-corrected chi connectivity index (χ2v) is 4.91. The molecule has 0 unspecified atom stereocenters. The molecule has 5 heteroatoms. The van der Waals surface area contributed by atoms with Crippen molar-refractivity contribution < 1.29 is 0 Å². The third-order valence-corrected chi connectivity index (χ3v) is 3.59. The van der Waals surface area contributed by atoms with E-state index in [2.05, 4.69) is 40.6 Å². The Balaban J connectivity index is 2.29. The molecule has 0 atom stereocenters. The lowest BCUT2D eigenvalue weighted by molar-refractivity contribution is 0.283. The van der Waals surface area contributed by atoms with Crippen LogP contribution in [0.3, 0.4) is 0 Å². The first-order chi connectivity index (χ1) is 8.67. The summed E-state index contributed by atoms with van der Waals surface area (Å²) in [5, 5.41) is 0. The third-order valence-electron chi connectivity index (χ3n) is 3.59. The fourth-order valence-corrected chi connectivity index (χ4v) is 2.28. The predicted octanol–water partition coefficient (Wildman–Crippen LogP) is 0.280. The van der Waals surface area contributed by atoms with Gasteiger partial charge in [0.2, 0.25) is 0 Å². The molecule has 2 N–H and O–H groups in total. The van der Waals surface area contributed by atoms with Crippen LogP contribution in [-0.4, -0.2) is 80.1 Å². The van der Waals surface area contributed by atoms with Gasteiger partial charge in [0.1, 0.15) is 0 Å². The molecule has 1 fully saturated rings. The van der Waals surface area contributed by atoms with Crippen LogP contribution in [0.25, 0.3) is 0 Å². The summed E-state index contributed by atoms with van der Waals surface area (Å²) < 4.78 is 0. The minimum Gasteiger partial charge on any atom is -0.370 e. The second-order valence-electron chi connectivity index (χ2n) is 4.91. The van der Waals surface area contributed by atoms with Crippen molar-refractivity contribution in [2.45, 2.75) is 20.3 Å². The summed E-state index contributed by atoms with van der Waals surface area (Å²) in [5.74, 6) is 0.687. The maximum absolute atomic E-state index is 5.96. The smallest absolute Gasteiger partial charge is 0.191 e. The monoisotopic (exact) mass is 255 g/mol. The molecule has 0 amide bonds. The SMILES string of the molecule is CCN(CC)C(N)=NCCN1CCCN(C)CC1. The van der Waals surface area contributed by atoms with Crippen LogP contribution in [0.2, 0.25) is 0 Å². The van der Waals surface area contributed by atoms with Gasteiger partial charge in [-0.25, -0.2) is 0 Å². The third kappa shape index (κ3) is 5.23. The largest absolute Gasteiger partial charge is 0.370 e. The molecule has 0 aliphatic carbocycles. The van der Waals surface area contributed by atoms with Gasteiger partial charge >= 0.3 is 0 Å². The van der Waals surface area contributed by atoms with Crippen LogP contribution in [0, 0.1) is 0 Å². The van der Waals surface area contributed by atoms with Gasteiger partial charge in [0.05, 0.1) is 6.54 Å². The van der Waals surface area contributed by atoms with E-state index in [0.29, 0.717) is 5.96 Å². The maximum Gasteiger partial charge on any atom is 0.191 e. The first-order valence-corrected chi connectivity index (χ1v) is 7.13. The van der Waals surface area contributed by atoms with Crippen molar-refractivity contribution in [1.29, 1.82) is 0 Å². The average Bonchev–Trinajstić information content (AvgIpc) is 2.56. The highest BCUT2D eigenvalue weighted by atomic mass is 15.3. The summed E-state index contributed by atoms with van der Waals surface area (Å²) in [4.78, 5) is 11.5. The predicted molar refractivity (Wildman–Crippen MR) is 78.0 cm³/mol. The average molecular weight is 255 g/mol. The van der Waals surface area contributed by atoms with E-state index in [-0.39, 0.29) is 0 Å². The molecular weight excluding hydrogens is 226 g/mol. The van der Waals surface area contributed by atoms with Crippen molar-refractivity contribution in [1.82, 2.24) is 14.7 Å². The lowest BCUT2D eigenvalue weighted by Gasteiger charge is -2.21. The first kappa shape index (κ1) is 15.2. The number of guanidine groups is 1. The molecule has 0 saturated carbocycles. The van der Waals surface area contributed by atoms with E-state index < -0.39 is 0 Å². The van der Waals surface area contributed by atoms with Crippen LogP contribution >= 0.6 is 0 Å². The molecular formula is C13H29N5. The zero-order valence-electron chi connectivity index (χ0n) is 12.2. The fraction of sp³-hybridized carbons (Fsp3) is 0.923. The van der Waals surface area contributed by atoms with Crippen molar-refractivity contribution in [3.63, 3.8) is 0 Å². The summed E-state index contributed by atoms with van der Waals surface area (Å²) in [6, 6.07) is 0. The molecule has 1 aliphatic rings. The highest BCUT2D eigenvalue weighted by Crippen LogP contribution is 2.00. The normalized spacial score (nSPS) is 19.8. The van der Waals surface area contributed by atoms with Crippen molar-refractivity contribution >= 4 is 5.96 Å². The Morgan fingerprint density at radius 1 is 1.17 bits per heavy atom. The number of nitrogens with zero attached hydrogens (tertiary/aromatic N) is 4.